The van der Waals surface area contributed by atoms with E-state index in [0.29, 0.717) is 22.9 Å². The SMILES string of the molecule is CCOC(=O)c1cc2[nH]c([C@H](C)[C@H]3CC[C@@H](c4ccnc5ccc(F)cc54)CC3)nc2cc1F. The summed E-state index contributed by atoms with van der Waals surface area (Å²) in [7, 11) is 0. The average molecular weight is 464 g/mol. The minimum Gasteiger partial charge on any atom is -0.462 e. The van der Waals surface area contributed by atoms with Gasteiger partial charge in [0, 0.05) is 23.6 Å². The van der Waals surface area contributed by atoms with Crippen LogP contribution in [0.1, 0.15) is 73.1 Å². The second kappa shape index (κ2) is 9.12. The van der Waals surface area contributed by atoms with Gasteiger partial charge in [-0.2, -0.15) is 0 Å². The minimum atomic E-state index is -0.673. The quantitative estimate of drug-likeness (QED) is 0.337. The van der Waals surface area contributed by atoms with Crippen LogP contribution in [0.25, 0.3) is 21.9 Å². The van der Waals surface area contributed by atoms with Crippen LogP contribution in [0.3, 0.4) is 0 Å². The predicted molar refractivity (Wildman–Crippen MR) is 127 cm³/mol. The number of nitrogens with one attached hydrogen (secondary N) is 1. The highest BCUT2D eigenvalue weighted by atomic mass is 19.1. The molecular weight excluding hydrogens is 436 g/mol. The lowest BCUT2D eigenvalue weighted by Gasteiger charge is -2.32. The van der Waals surface area contributed by atoms with E-state index in [1.165, 1.54) is 23.8 Å². The van der Waals surface area contributed by atoms with Gasteiger partial charge in [-0.25, -0.2) is 18.6 Å². The number of pyridine rings is 1. The Balaban J connectivity index is 1.33. The number of nitrogens with zero attached hydrogens (tertiary/aromatic N) is 2. The summed E-state index contributed by atoms with van der Waals surface area (Å²) in [6.07, 6.45) is 5.86. The highest BCUT2D eigenvalue weighted by molar-refractivity contribution is 5.94. The fourth-order valence-electron chi connectivity index (χ4n) is 5.28. The molecule has 2 heterocycles. The van der Waals surface area contributed by atoms with Crippen molar-refractivity contribution in [2.24, 2.45) is 5.92 Å². The van der Waals surface area contributed by atoms with E-state index in [1.807, 2.05) is 12.3 Å². The molecule has 1 aliphatic rings. The van der Waals surface area contributed by atoms with E-state index in [9.17, 15) is 13.6 Å². The first-order chi connectivity index (χ1) is 16.4. The highest BCUT2D eigenvalue weighted by Gasteiger charge is 2.29. The van der Waals surface area contributed by atoms with E-state index in [1.54, 1.807) is 19.1 Å². The monoisotopic (exact) mass is 463 g/mol. The maximum atomic E-state index is 14.4. The summed E-state index contributed by atoms with van der Waals surface area (Å²) >= 11 is 0. The van der Waals surface area contributed by atoms with Crippen LogP contribution in [-0.2, 0) is 4.74 Å². The van der Waals surface area contributed by atoms with E-state index in [0.717, 1.165) is 42.4 Å². The van der Waals surface area contributed by atoms with Crippen LogP contribution in [0.4, 0.5) is 8.78 Å². The van der Waals surface area contributed by atoms with Gasteiger partial charge in [0.25, 0.3) is 0 Å². The molecule has 0 amide bonds. The zero-order chi connectivity index (χ0) is 23.8. The molecule has 1 aliphatic carbocycles. The number of halogens is 2. The molecule has 0 spiro atoms. The van der Waals surface area contributed by atoms with E-state index in [2.05, 4.69) is 21.9 Å². The third-order valence-corrected chi connectivity index (χ3v) is 7.17. The van der Waals surface area contributed by atoms with Gasteiger partial charge in [0.15, 0.2) is 0 Å². The Morgan fingerprint density at radius 3 is 2.68 bits per heavy atom. The predicted octanol–water partition coefficient (Wildman–Crippen LogP) is 6.64. The molecule has 0 saturated heterocycles. The zero-order valence-electron chi connectivity index (χ0n) is 19.3. The molecule has 5 rings (SSSR count). The number of benzene rings is 2. The Labute approximate surface area is 196 Å². The smallest absolute Gasteiger partial charge is 0.341 e. The lowest BCUT2D eigenvalue weighted by Crippen LogP contribution is -2.19. The largest absolute Gasteiger partial charge is 0.462 e. The zero-order valence-corrected chi connectivity index (χ0v) is 19.3. The van der Waals surface area contributed by atoms with Crippen LogP contribution >= 0.6 is 0 Å². The van der Waals surface area contributed by atoms with Gasteiger partial charge in [-0.05, 0) is 80.3 Å². The van der Waals surface area contributed by atoms with Crippen LogP contribution in [0.2, 0.25) is 0 Å². The third-order valence-electron chi connectivity index (χ3n) is 7.17. The average Bonchev–Trinajstić information content (AvgIpc) is 3.25. The molecule has 0 radical (unpaired) electrons. The van der Waals surface area contributed by atoms with E-state index in [-0.39, 0.29) is 23.9 Å². The number of H-pyrrole nitrogens is 1. The van der Waals surface area contributed by atoms with Gasteiger partial charge in [-0.3, -0.25) is 4.98 Å². The molecule has 1 atom stereocenters. The summed E-state index contributed by atoms with van der Waals surface area (Å²) in [5.74, 6) is 0.218. The molecule has 1 N–H and O–H groups in total. The molecule has 34 heavy (non-hydrogen) atoms. The van der Waals surface area contributed by atoms with Gasteiger partial charge in [0.1, 0.15) is 17.5 Å². The van der Waals surface area contributed by atoms with Crippen molar-refractivity contribution in [3.8, 4) is 0 Å². The van der Waals surface area contributed by atoms with Crippen molar-refractivity contribution in [1.82, 2.24) is 15.0 Å². The summed E-state index contributed by atoms with van der Waals surface area (Å²) in [4.78, 5) is 24.3. The van der Waals surface area contributed by atoms with Crippen LogP contribution < -0.4 is 0 Å². The number of imidazole rings is 1. The molecular formula is C27H27F2N3O2. The summed E-state index contributed by atoms with van der Waals surface area (Å²) in [5, 5.41) is 0.899. The van der Waals surface area contributed by atoms with Crippen LogP contribution in [-0.4, -0.2) is 27.5 Å². The fourth-order valence-corrected chi connectivity index (χ4v) is 5.28. The Morgan fingerprint density at radius 2 is 1.91 bits per heavy atom. The number of esters is 1. The summed E-state index contributed by atoms with van der Waals surface area (Å²) in [5.41, 5.74) is 3.04. The Hall–Kier alpha value is -3.35. The first kappa shape index (κ1) is 22.4. The molecule has 4 aromatic rings. The third kappa shape index (κ3) is 4.15. The standard InChI is InChI=1S/C27H27F2N3O2/c1-3-34-27(33)21-13-24-25(14-22(21)29)32-26(31-24)15(2)16-4-6-17(7-5-16)19-10-11-30-23-9-8-18(28)12-20(19)23/h8-17H,3-7H2,1-2H3,(H,31,32)/t15-,16-,17+/m1/s1. The second-order valence-electron chi connectivity index (χ2n) is 9.15. The normalized spacial score (nSPS) is 19.4. The first-order valence-electron chi connectivity index (χ1n) is 11.8. The number of aromatic amines is 1. The van der Waals surface area contributed by atoms with Gasteiger partial charge in [0.2, 0.25) is 0 Å². The Kier molecular flexibility index (Phi) is 6.02. The van der Waals surface area contributed by atoms with Crippen molar-refractivity contribution < 1.29 is 18.3 Å². The molecule has 0 aliphatic heterocycles. The number of aromatic nitrogens is 3. The maximum absolute atomic E-state index is 14.4. The number of ether oxygens (including phenoxy) is 1. The van der Waals surface area contributed by atoms with Crippen molar-refractivity contribution in [2.45, 2.75) is 51.4 Å². The highest BCUT2D eigenvalue weighted by Crippen LogP contribution is 2.43. The molecule has 176 valence electrons. The number of hydrogen-bond acceptors (Lipinski definition) is 4. The van der Waals surface area contributed by atoms with Crippen molar-refractivity contribution in [1.29, 1.82) is 0 Å². The Bertz CT molecular complexity index is 1360. The molecule has 1 fully saturated rings. The molecule has 0 unspecified atom stereocenters. The van der Waals surface area contributed by atoms with Crippen LogP contribution in [0, 0.1) is 17.6 Å². The van der Waals surface area contributed by atoms with Gasteiger partial charge < -0.3 is 9.72 Å². The lowest BCUT2D eigenvalue weighted by molar-refractivity contribution is 0.0521. The molecule has 7 heteroatoms. The number of fused-ring (bicyclic) bond motifs is 2. The van der Waals surface area contributed by atoms with Crippen molar-refractivity contribution in [3.05, 3.63) is 71.2 Å². The molecule has 1 saturated carbocycles. The van der Waals surface area contributed by atoms with Gasteiger partial charge >= 0.3 is 5.97 Å². The molecule has 5 nitrogen and oxygen atoms in total. The lowest BCUT2D eigenvalue weighted by atomic mass is 9.73. The van der Waals surface area contributed by atoms with Crippen molar-refractivity contribution in [2.75, 3.05) is 6.61 Å². The van der Waals surface area contributed by atoms with Gasteiger partial charge in [0.05, 0.1) is 28.7 Å². The second-order valence-corrected chi connectivity index (χ2v) is 9.15. The number of rotatable bonds is 5. The Morgan fingerprint density at radius 1 is 1.12 bits per heavy atom. The molecule has 2 aromatic carbocycles. The number of carbonyl (C=O) groups excluding carboxylic acids is 1. The maximum Gasteiger partial charge on any atom is 0.341 e. The van der Waals surface area contributed by atoms with E-state index < -0.39 is 11.8 Å². The van der Waals surface area contributed by atoms with Gasteiger partial charge in [-0.1, -0.05) is 6.92 Å². The first-order valence-corrected chi connectivity index (χ1v) is 11.8. The van der Waals surface area contributed by atoms with Crippen LogP contribution in [0.5, 0.6) is 0 Å². The van der Waals surface area contributed by atoms with E-state index >= 15 is 0 Å². The fraction of sp³-hybridized carbons (Fsp3) is 0.370. The van der Waals surface area contributed by atoms with Gasteiger partial charge in [-0.15, -0.1) is 0 Å². The molecule has 2 aromatic heterocycles. The minimum absolute atomic E-state index is 0.0845. The van der Waals surface area contributed by atoms with Crippen molar-refractivity contribution >= 4 is 27.9 Å². The number of carbonyl (C=O) groups is 1. The van der Waals surface area contributed by atoms with E-state index in [4.69, 9.17) is 4.74 Å². The topological polar surface area (TPSA) is 67.9 Å². The van der Waals surface area contributed by atoms with Crippen LogP contribution in [0.15, 0.2) is 42.6 Å². The molecule has 0 bridgehead atoms. The summed E-state index contributed by atoms with van der Waals surface area (Å²) in [6, 6.07) is 9.57. The number of hydrogen-bond donors (Lipinski definition) is 1. The summed E-state index contributed by atoms with van der Waals surface area (Å²) < 4.78 is 33.2. The van der Waals surface area contributed by atoms with Crippen molar-refractivity contribution in [3.63, 3.8) is 0 Å². The summed E-state index contributed by atoms with van der Waals surface area (Å²) in [6.45, 7) is 4.02.